The molecular weight excluding hydrogens is 152 g/mol. The van der Waals surface area contributed by atoms with Crippen LogP contribution in [0.2, 0.25) is 0 Å². The summed E-state index contributed by atoms with van der Waals surface area (Å²) >= 11 is 0. The average Bonchev–Trinajstić information content (AvgIpc) is 2.50. The number of hydrogen-bond acceptors (Lipinski definition) is 2. The van der Waals surface area contributed by atoms with Crippen LogP contribution in [-0.2, 0) is 13.1 Å². The lowest BCUT2D eigenvalue weighted by molar-refractivity contribution is -0.695. The minimum Gasteiger partial charge on any atom is -0.236 e. The van der Waals surface area contributed by atoms with Crippen molar-refractivity contribution >= 4 is 0 Å². The third-order valence-electron chi connectivity index (χ3n) is 1.48. The number of rotatable bonds is 3. The largest absolute Gasteiger partial charge is 0.244 e. The molecule has 0 amide bonds. The zero-order valence-electron chi connectivity index (χ0n) is 6.64. The molecule has 1 aromatic rings. The van der Waals surface area contributed by atoms with Crippen LogP contribution >= 0.6 is 0 Å². The second-order valence-electron chi connectivity index (χ2n) is 2.39. The summed E-state index contributed by atoms with van der Waals surface area (Å²) in [5.74, 6) is 0. The Labute approximate surface area is 70.9 Å². The molecule has 0 fully saturated rings. The standard InChI is InChI=1S/C8H9N4/c9-2-1-4-11-6-7-12(8-11)5-3-10/h6-8H,1,4-5H2/q+1. The lowest BCUT2D eigenvalue weighted by Crippen LogP contribution is -2.30. The van der Waals surface area contributed by atoms with E-state index in [4.69, 9.17) is 10.5 Å². The molecule has 1 aromatic heterocycles. The highest BCUT2D eigenvalue weighted by Gasteiger charge is 2.00. The summed E-state index contributed by atoms with van der Waals surface area (Å²) in [6.45, 7) is 1.05. The van der Waals surface area contributed by atoms with E-state index in [1.807, 2.05) is 29.4 Å². The van der Waals surface area contributed by atoms with Gasteiger partial charge in [-0.05, 0) is 0 Å². The molecule has 12 heavy (non-hydrogen) atoms. The highest BCUT2D eigenvalue weighted by atomic mass is 15.1. The van der Waals surface area contributed by atoms with Crippen molar-refractivity contribution in [3.05, 3.63) is 18.7 Å². The third-order valence-corrected chi connectivity index (χ3v) is 1.48. The Hall–Kier alpha value is -1.81. The molecule has 0 bridgehead atoms. The van der Waals surface area contributed by atoms with E-state index in [0.29, 0.717) is 19.5 Å². The van der Waals surface area contributed by atoms with Crippen LogP contribution in [0.25, 0.3) is 0 Å². The van der Waals surface area contributed by atoms with Gasteiger partial charge < -0.3 is 0 Å². The first kappa shape index (κ1) is 8.29. The van der Waals surface area contributed by atoms with Gasteiger partial charge >= 0.3 is 0 Å². The van der Waals surface area contributed by atoms with E-state index >= 15 is 0 Å². The Morgan fingerprint density at radius 2 is 2.17 bits per heavy atom. The zero-order valence-corrected chi connectivity index (χ0v) is 6.64. The summed E-state index contributed by atoms with van der Waals surface area (Å²) in [5.41, 5.74) is 0. The predicted octanol–water partition coefficient (Wildman–Crippen LogP) is 0.213. The maximum Gasteiger partial charge on any atom is 0.244 e. The molecule has 0 saturated heterocycles. The monoisotopic (exact) mass is 161 g/mol. The Morgan fingerprint density at radius 1 is 1.33 bits per heavy atom. The Bertz CT molecular complexity index is 326. The van der Waals surface area contributed by atoms with Crippen LogP contribution in [0.3, 0.4) is 0 Å². The van der Waals surface area contributed by atoms with E-state index < -0.39 is 0 Å². The van der Waals surface area contributed by atoms with Crippen molar-refractivity contribution < 1.29 is 4.57 Å². The molecule has 0 radical (unpaired) electrons. The van der Waals surface area contributed by atoms with Crippen molar-refractivity contribution in [1.29, 1.82) is 10.5 Å². The van der Waals surface area contributed by atoms with E-state index in [1.165, 1.54) is 0 Å². The third kappa shape index (κ3) is 2.10. The quantitative estimate of drug-likeness (QED) is 0.595. The van der Waals surface area contributed by atoms with Crippen LogP contribution in [0.4, 0.5) is 0 Å². The van der Waals surface area contributed by atoms with Gasteiger partial charge in [-0.25, -0.2) is 9.13 Å². The van der Waals surface area contributed by atoms with Crippen molar-refractivity contribution in [3.63, 3.8) is 0 Å². The predicted molar refractivity (Wildman–Crippen MR) is 40.5 cm³/mol. The normalized spacial score (nSPS) is 8.83. The van der Waals surface area contributed by atoms with E-state index in [1.54, 1.807) is 4.57 Å². The summed E-state index contributed by atoms with van der Waals surface area (Å²) in [7, 11) is 0. The number of imidazole rings is 1. The van der Waals surface area contributed by atoms with Crippen LogP contribution in [-0.4, -0.2) is 4.57 Å². The minimum atomic E-state index is 0.361. The average molecular weight is 161 g/mol. The molecule has 0 unspecified atom stereocenters. The van der Waals surface area contributed by atoms with Gasteiger partial charge in [0, 0.05) is 0 Å². The highest BCUT2D eigenvalue weighted by molar-refractivity contribution is 4.76. The van der Waals surface area contributed by atoms with Crippen molar-refractivity contribution in [2.24, 2.45) is 0 Å². The lowest BCUT2D eigenvalue weighted by Gasteiger charge is -1.86. The summed E-state index contributed by atoms with van der Waals surface area (Å²) in [4.78, 5) is 0. The fourth-order valence-corrected chi connectivity index (χ4v) is 0.925. The van der Waals surface area contributed by atoms with Crippen molar-refractivity contribution in [1.82, 2.24) is 4.57 Å². The number of aromatic nitrogens is 2. The molecule has 1 heterocycles. The van der Waals surface area contributed by atoms with Gasteiger partial charge in [-0.15, -0.1) is 0 Å². The highest BCUT2D eigenvalue weighted by Crippen LogP contribution is 1.84. The summed E-state index contributed by atoms with van der Waals surface area (Å²) < 4.78 is 3.66. The van der Waals surface area contributed by atoms with Crippen LogP contribution in [0.15, 0.2) is 18.7 Å². The minimum absolute atomic E-state index is 0.361. The fraction of sp³-hybridized carbons (Fsp3) is 0.375. The molecule has 0 aliphatic rings. The maximum absolute atomic E-state index is 8.37. The Kier molecular flexibility index (Phi) is 2.87. The van der Waals surface area contributed by atoms with Crippen molar-refractivity contribution in [2.75, 3.05) is 0 Å². The zero-order chi connectivity index (χ0) is 8.81. The van der Waals surface area contributed by atoms with Crippen molar-refractivity contribution in [2.45, 2.75) is 19.5 Å². The van der Waals surface area contributed by atoms with Crippen LogP contribution in [0.1, 0.15) is 6.42 Å². The first-order valence-corrected chi connectivity index (χ1v) is 3.65. The van der Waals surface area contributed by atoms with Gasteiger partial charge in [-0.3, -0.25) is 0 Å². The first-order valence-electron chi connectivity index (χ1n) is 3.65. The number of nitriles is 2. The van der Waals surface area contributed by atoms with E-state index in [9.17, 15) is 0 Å². The van der Waals surface area contributed by atoms with Gasteiger partial charge in [-0.1, -0.05) is 0 Å². The number of nitrogens with zero attached hydrogens (tertiary/aromatic N) is 4. The SMILES string of the molecule is N#CCC[n+]1ccn(CC#N)c1. The first-order chi connectivity index (χ1) is 5.86. The Balaban J connectivity index is 2.55. The van der Waals surface area contributed by atoms with Crippen LogP contribution in [0, 0.1) is 22.7 Å². The number of aryl methyl sites for hydroxylation is 1. The topological polar surface area (TPSA) is 56.4 Å². The van der Waals surface area contributed by atoms with Crippen molar-refractivity contribution in [3.8, 4) is 12.1 Å². The molecule has 0 spiro atoms. The van der Waals surface area contributed by atoms with Gasteiger partial charge in [0.05, 0.1) is 12.5 Å². The van der Waals surface area contributed by atoms with Gasteiger partial charge in [0.25, 0.3) is 0 Å². The van der Waals surface area contributed by atoms with Crippen LogP contribution < -0.4 is 4.57 Å². The molecule has 4 heteroatoms. The van der Waals surface area contributed by atoms with E-state index in [0.717, 1.165) is 0 Å². The molecule has 0 aromatic carbocycles. The molecule has 0 aliphatic heterocycles. The Morgan fingerprint density at radius 3 is 2.83 bits per heavy atom. The fourth-order valence-electron chi connectivity index (χ4n) is 0.925. The molecular formula is C8H9N4+. The molecule has 60 valence electrons. The van der Waals surface area contributed by atoms with Gasteiger partial charge in [0.1, 0.15) is 25.0 Å². The molecule has 1 rings (SSSR count). The molecule has 0 aliphatic carbocycles. The number of hydrogen-bond donors (Lipinski definition) is 0. The van der Waals surface area contributed by atoms with Gasteiger partial charge in [-0.2, -0.15) is 10.5 Å². The van der Waals surface area contributed by atoms with Gasteiger partial charge in [0.15, 0.2) is 6.54 Å². The summed E-state index contributed by atoms with van der Waals surface area (Å²) in [5, 5.41) is 16.7. The molecule has 0 N–H and O–H groups in total. The maximum atomic E-state index is 8.37. The van der Waals surface area contributed by atoms with Gasteiger partial charge in [0.2, 0.25) is 6.33 Å². The summed E-state index contributed by atoms with van der Waals surface area (Å²) in [6.07, 6.45) is 6.00. The van der Waals surface area contributed by atoms with E-state index in [2.05, 4.69) is 6.07 Å². The molecule has 0 atom stereocenters. The van der Waals surface area contributed by atoms with E-state index in [-0.39, 0.29) is 0 Å². The summed E-state index contributed by atoms with van der Waals surface area (Å²) in [6, 6.07) is 4.10. The molecule has 4 nitrogen and oxygen atoms in total. The lowest BCUT2D eigenvalue weighted by atomic mass is 10.5. The second-order valence-corrected chi connectivity index (χ2v) is 2.39. The van der Waals surface area contributed by atoms with Crippen LogP contribution in [0.5, 0.6) is 0 Å². The molecule has 0 saturated carbocycles. The second kappa shape index (κ2) is 4.15. The smallest absolute Gasteiger partial charge is 0.236 e.